The van der Waals surface area contributed by atoms with Crippen LogP contribution in [-0.4, -0.2) is 25.8 Å². The number of rotatable bonds is 2. The maximum atomic E-state index is 5.76. The summed E-state index contributed by atoms with van der Waals surface area (Å²) in [5.41, 5.74) is 4.93. The highest BCUT2D eigenvalue weighted by molar-refractivity contribution is 5.77. The molecule has 0 bridgehead atoms. The van der Waals surface area contributed by atoms with Crippen molar-refractivity contribution in [3.63, 3.8) is 0 Å². The van der Waals surface area contributed by atoms with Gasteiger partial charge in [-0.2, -0.15) is 0 Å². The molecular weight excluding hydrogens is 288 g/mol. The largest absolute Gasteiger partial charge is 0.486 e. The molecule has 23 heavy (non-hydrogen) atoms. The molecule has 0 amide bonds. The van der Waals surface area contributed by atoms with Gasteiger partial charge in [0, 0.05) is 31.3 Å². The highest BCUT2D eigenvalue weighted by atomic mass is 16.6. The van der Waals surface area contributed by atoms with E-state index in [1.807, 2.05) is 0 Å². The number of aryl methyl sites for hydroxylation is 1. The molecule has 2 heterocycles. The van der Waals surface area contributed by atoms with Gasteiger partial charge in [0.1, 0.15) is 13.2 Å². The molecule has 2 aliphatic rings. The lowest BCUT2D eigenvalue weighted by atomic mass is 10.1. The molecule has 0 saturated heterocycles. The van der Waals surface area contributed by atoms with Gasteiger partial charge in [-0.3, -0.25) is 0 Å². The van der Waals surface area contributed by atoms with Gasteiger partial charge in [-0.15, -0.1) is 0 Å². The van der Waals surface area contributed by atoms with E-state index in [2.05, 4.69) is 60.5 Å². The summed E-state index contributed by atoms with van der Waals surface area (Å²) in [5.74, 6) is 1.69. The molecule has 0 aliphatic carbocycles. The third kappa shape index (κ3) is 2.69. The van der Waals surface area contributed by atoms with E-state index >= 15 is 0 Å². The van der Waals surface area contributed by atoms with Crippen LogP contribution < -0.4 is 19.7 Å². The van der Waals surface area contributed by atoms with E-state index in [0.717, 1.165) is 30.3 Å². The molecule has 1 atom stereocenters. The lowest BCUT2D eigenvalue weighted by Gasteiger charge is -2.38. The Morgan fingerprint density at radius 2 is 1.78 bits per heavy atom. The first kappa shape index (κ1) is 14.2. The Morgan fingerprint density at radius 1 is 1.09 bits per heavy atom. The summed E-state index contributed by atoms with van der Waals surface area (Å²) in [5, 5.41) is 3.51. The van der Waals surface area contributed by atoms with Crippen molar-refractivity contribution in [3.8, 4) is 11.5 Å². The summed E-state index contributed by atoms with van der Waals surface area (Å²) in [6, 6.07) is 13.4. The van der Waals surface area contributed by atoms with Gasteiger partial charge < -0.3 is 19.7 Å². The zero-order chi connectivity index (χ0) is 15.8. The second-order valence-electron chi connectivity index (χ2n) is 6.36. The molecule has 2 aromatic carbocycles. The molecule has 0 aromatic heterocycles. The molecule has 4 nitrogen and oxygen atoms in total. The summed E-state index contributed by atoms with van der Waals surface area (Å²) in [6.07, 6.45) is 0. The third-order valence-electron chi connectivity index (χ3n) is 4.56. The Kier molecular flexibility index (Phi) is 3.52. The van der Waals surface area contributed by atoms with Crippen molar-refractivity contribution in [2.24, 2.45) is 0 Å². The fourth-order valence-electron chi connectivity index (χ4n) is 3.19. The number of anilines is 2. The highest BCUT2D eigenvalue weighted by Crippen LogP contribution is 2.42. The minimum atomic E-state index is 0.423. The molecule has 1 unspecified atom stereocenters. The topological polar surface area (TPSA) is 33.7 Å². The summed E-state index contributed by atoms with van der Waals surface area (Å²) in [6.45, 7) is 7.44. The predicted molar refractivity (Wildman–Crippen MR) is 92.7 cm³/mol. The van der Waals surface area contributed by atoms with Crippen molar-refractivity contribution < 1.29 is 9.47 Å². The number of ether oxygens (including phenoxy) is 2. The summed E-state index contributed by atoms with van der Waals surface area (Å²) in [7, 11) is 0. The van der Waals surface area contributed by atoms with Crippen LogP contribution in [0.15, 0.2) is 36.4 Å². The molecule has 2 aliphatic heterocycles. The third-order valence-corrected chi connectivity index (χ3v) is 4.56. The first-order valence-corrected chi connectivity index (χ1v) is 8.20. The number of benzene rings is 2. The normalized spacial score (nSPS) is 19.0. The van der Waals surface area contributed by atoms with Gasteiger partial charge in [0.2, 0.25) is 0 Å². The van der Waals surface area contributed by atoms with E-state index in [-0.39, 0.29) is 0 Å². The molecule has 4 rings (SSSR count). The molecule has 2 aromatic rings. The van der Waals surface area contributed by atoms with Gasteiger partial charge in [0.05, 0.1) is 11.4 Å². The monoisotopic (exact) mass is 310 g/mol. The summed E-state index contributed by atoms with van der Waals surface area (Å²) in [4.78, 5) is 2.44. The second kappa shape index (κ2) is 5.69. The second-order valence-corrected chi connectivity index (χ2v) is 6.36. The molecule has 0 radical (unpaired) electrons. The average Bonchev–Trinajstić information content (AvgIpc) is 2.58. The van der Waals surface area contributed by atoms with Crippen LogP contribution in [0.4, 0.5) is 11.4 Å². The van der Waals surface area contributed by atoms with Crippen molar-refractivity contribution in [1.82, 2.24) is 0 Å². The first-order valence-electron chi connectivity index (χ1n) is 8.20. The maximum absolute atomic E-state index is 5.76. The SMILES string of the molecule is Cc1ccc(CN2c3cc4c(cc3NCC2C)OCCO4)cc1. The number of nitrogens with one attached hydrogen (secondary N) is 1. The lowest BCUT2D eigenvalue weighted by Crippen LogP contribution is -2.41. The fourth-order valence-corrected chi connectivity index (χ4v) is 3.19. The van der Waals surface area contributed by atoms with Crippen molar-refractivity contribution in [2.45, 2.75) is 26.4 Å². The Morgan fingerprint density at radius 3 is 2.52 bits per heavy atom. The Balaban J connectivity index is 1.69. The van der Waals surface area contributed by atoms with Gasteiger partial charge in [-0.05, 0) is 19.4 Å². The molecular formula is C19H22N2O2. The van der Waals surface area contributed by atoms with Gasteiger partial charge >= 0.3 is 0 Å². The van der Waals surface area contributed by atoms with Crippen LogP contribution in [0.1, 0.15) is 18.1 Å². The molecule has 120 valence electrons. The van der Waals surface area contributed by atoms with Gasteiger partial charge in [-0.1, -0.05) is 29.8 Å². The number of hydrogen-bond donors (Lipinski definition) is 1. The van der Waals surface area contributed by atoms with Crippen LogP contribution in [0.2, 0.25) is 0 Å². The zero-order valence-electron chi connectivity index (χ0n) is 13.6. The average molecular weight is 310 g/mol. The maximum Gasteiger partial charge on any atom is 0.163 e. The Hall–Kier alpha value is -2.36. The van der Waals surface area contributed by atoms with Gasteiger partial charge in [0.15, 0.2) is 11.5 Å². The number of nitrogens with zero attached hydrogens (tertiary/aromatic N) is 1. The van der Waals surface area contributed by atoms with E-state index in [1.165, 1.54) is 16.8 Å². The minimum Gasteiger partial charge on any atom is -0.486 e. The zero-order valence-corrected chi connectivity index (χ0v) is 13.6. The Labute approximate surface area is 137 Å². The number of fused-ring (bicyclic) bond motifs is 2. The van der Waals surface area contributed by atoms with E-state index in [4.69, 9.17) is 9.47 Å². The minimum absolute atomic E-state index is 0.423. The van der Waals surface area contributed by atoms with Crippen LogP contribution in [0.5, 0.6) is 11.5 Å². The summed E-state index contributed by atoms with van der Waals surface area (Å²) < 4.78 is 11.5. The van der Waals surface area contributed by atoms with Gasteiger partial charge in [0.25, 0.3) is 0 Å². The van der Waals surface area contributed by atoms with Crippen molar-refractivity contribution in [2.75, 3.05) is 30.0 Å². The smallest absolute Gasteiger partial charge is 0.163 e. The van der Waals surface area contributed by atoms with Crippen LogP contribution in [0.3, 0.4) is 0 Å². The van der Waals surface area contributed by atoms with Crippen molar-refractivity contribution in [3.05, 3.63) is 47.5 Å². The van der Waals surface area contributed by atoms with Crippen LogP contribution in [0.25, 0.3) is 0 Å². The van der Waals surface area contributed by atoms with Gasteiger partial charge in [-0.25, -0.2) is 0 Å². The standard InChI is InChI=1S/C19H22N2O2/c1-13-3-5-15(6-4-13)12-21-14(2)11-20-16-9-18-19(10-17(16)21)23-8-7-22-18/h3-6,9-10,14,20H,7-8,11-12H2,1-2H3. The molecule has 0 fully saturated rings. The van der Waals surface area contributed by atoms with E-state index in [1.54, 1.807) is 0 Å². The highest BCUT2D eigenvalue weighted by Gasteiger charge is 2.26. The fraction of sp³-hybridized carbons (Fsp3) is 0.368. The van der Waals surface area contributed by atoms with E-state index in [0.29, 0.717) is 19.3 Å². The number of hydrogen-bond acceptors (Lipinski definition) is 4. The van der Waals surface area contributed by atoms with Crippen molar-refractivity contribution >= 4 is 11.4 Å². The van der Waals surface area contributed by atoms with E-state index in [9.17, 15) is 0 Å². The lowest BCUT2D eigenvalue weighted by molar-refractivity contribution is 0.171. The molecule has 4 heteroatoms. The van der Waals surface area contributed by atoms with Crippen LogP contribution in [-0.2, 0) is 6.54 Å². The molecule has 1 N–H and O–H groups in total. The van der Waals surface area contributed by atoms with Crippen LogP contribution in [0, 0.1) is 6.92 Å². The molecule has 0 saturated carbocycles. The van der Waals surface area contributed by atoms with E-state index < -0.39 is 0 Å². The Bertz CT molecular complexity index is 712. The predicted octanol–water partition coefficient (Wildman–Crippen LogP) is 3.59. The first-order chi connectivity index (χ1) is 11.2. The quantitative estimate of drug-likeness (QED) is 0.919. The summed E-state index contributed by atoms with van der Waals surface area (Å²) >= 11 is 0. The van der Waals surface area contributed by atoms with Crippen molar-refractivity contribution in [1.29, 1.82) is 0 Å². The molecule has 0 spiro atoms. The van der Waals surface area contributed by atoms with Crippen LogP contribution >= 0.6 is 0 Å².